The fraction of sp³-hybridized carbons (Fsp3) is 0.353. The maximum Gasteiger partial charge on any atom is 0.260 e. The van der Waals surface area contributed by atoms with Crippen molar-refractivity contribution in [2.45, 2.75) is 19.9 Å². The van der Waals surface area contributed by atoms with E-state index >= 15 is 0 Å². The van der Waals surface area contributed by atoms with Gasteiger partial charge in [0.15, 0.2) is 6.61 Å². The molecule has 1 aliphatic heterocycles. The van der Waals surface area contributed by atoms with Gasteiger partial charge in [-0.1, -0.05) is 0 Å². The summed E-state index contributed by atoms with van der Waals surface area (Å²) in [5.41, 5.74) is 1.27. The predicted octanol–water partition coefficient (Wildman–Crippen LogP) is 3.11. The summed E-state index contributed by atoms with van der Waals surface area (Å²) in [5, 5.41) is 2.09. The van der Waals surface area contributed by atoms with Crippen LogP contribution in [0.2, 0.25) is 0 Å². The number of benzene rings is 1. The van der Waals surface area contributed by atoms with Crippen LogP contribution in [0.4, 0.5) is 0 Å². The Morgan fingerprint density at radius 2 is 1.91 bits per heavy atom. The van der Waals surface area contributed by atoms with Crippen molar-refractivity contribution in [2.75, 3.05) is 19.8 Å². The van der Waals surface area contributed by atoms with E-state index in [0.717, 1.165) is 18.7 Å². The standard InChI is InChI=1S/C17H19NO3S/c1-2-20-14-3-5-15(6-4-14)21-12-17(19)18-9-7-16-13(11-18)8-10-22-16/h3-6,8,10H,2,7,9,11-12H2,1H3. The van der Waals surface area contributed by atoms with Crippen molar-refractivity contribution in [3.63, 3.8) is 0 Å². The molecule has 0 radical (unpaired) electrons. The Kier molecular flexibility index (Phi) is 4.63. The van der Waals surface area contributed by atoms with Gasteiger partial charge in [0.1, 0.15) is 11.5 Å². The second kappa shape index (κ2) is 6.83. The summed E-state index contributed by atoms with van der Waals surface area (Å²) < 4.78 is 11.0. The van der Waals surface area contributed by atoms with Gasteiger partial charge in [-0.05, 0) is 54.6 Å². The van der Waals surface area contributed by atoms with E-state index in [-0.39, 0.29) is 12.5 Å². The highest BCUT2D eigenvalue weighted by Gasteiger charge is 2.21. The number of carbonyl (C=O) groups is 1. The average molecular weight is 317 g/mol. The third-order valence-electron chi connectivity index (χ3n) is 3.66. The van der Waals surface area contributed by atoms with E-state index < -0.39 is 0 Å². The zero-order valence-electron chi connectivity index (χ0n) is 12.6. The molecule has 4 nitrogen and oxygen atoms in total. The van der Waals surface area contributed by atoms with Crippen molar-refractivity contribution >= 4 is 17.2 Å². The van der Waals surface area contributed by atoms with E-state index in [2.05, 4.69) is 11.4 Å². The van der Waals surface area contributed by atoms with Crippen LogP contribution in [-0.4, -0.2) is 30.6 Å². The van der Waals surface area contributed by atoms with Gasteiger partial charge in [0.05, 0.1) is 6.61 Å². The lowest BCUT2D eigenvalue weighted by atomic mass is 10.1. The molecule has 0 saturated carbocycles. The molecule has 1 aromatic heterocycles. The average Bonchev–Trinajstić information content (AvgIpc) is 3.01. The molecule has 116 valence electrons. The highest BCUT2D eigenvalue weighted by Crippen LogP contribution is 2.24. The summed E-state index contributed by atoms with van der Waals surface area (Å²) in [5.74, 6) is 1.53. The van der Waals surface area contributed by atoms with Crippen LogP contribution in [-0.2, 0) is 17.8 Å². The lowest BCUT2D eigenvalue weighted by molar-refractivity contribution is -0.134. The van der Waals surface area contributed by atoms with E-state index in [0.29, 0.717) is 18.9 Å². The third kappa shape index (κ3) is 3.42. The summed E-state index contributed by atoms with van der Waals surface area (Å²) >= 11 is 1.77. The largest absolute Gasteiger partial charge is 0.494 e. The fourth-order valence-corrected chi connectivity index (χ4v) is 3.39. The summed E-state index contributed by atoms with van der Waals surface area (Å²) in [7, 11) is 0. The first kappa shape index (κ1) is 14.9. The Balaban J connectivity index is 1.52. The van der Waals surface area contributed by atoms with Gasteiger partial charge in [-0.3, -0.25) is 4.79 Å². The monoisotopic (exact) mass is 317 g/mol. The fourth-order valence-electron chi connectivity index (χ4n) is 2.50. The highest BCUT2D eigenvalue weighted by molar-refractivity contribution is 7.10. The molecule has 1 amide bonds. The Morgan fingerprint density at radius 1 is 1.18 bits per heavy atom. The molecule has 3 rings (SSSR count). The topological polar surface area (TPSA) is 38.8 Å². The zero-order chi connectivity index (χ0) is 15.4. The maximum absolute atomic E-state index is 12.3. The molecular weight excluding hydrogens is 298 g/mol. The molecule has 2 aromatic rings. The van der Waals surface area contributed by atoms with Crippen LogP contribution in [0.25, 0.3) is 0 Å². The second-order valence-electron chi connectivity index (χ2n) is 5.13. The molecular formula is C17H19NO3S. The van der Waals surface area contributed by atoms with Crippen LogP contribution in [0.3, 0.4) is 0 Å². The number of carbonyl (C=O) groups excluding carboxylic acids is 1. The second-order valence-corrected chi connectivity index (χ2v) is 6.13. The van der Waals surface area contributed by atoms with Gasteiger partial charge in [-0.15, -0.1) is 11.3 Å². The van der Waals surface area contributed by atoms with E-state index in [1.807, 2.05) is 36.1 Å². The molecule has 1 aliphatic rings. The van der Waals surface area contributed by atoms with Gasteiger partial charge in [-0.25, -0.2) is 0 Å². The number of rotatable bonds is 5. The van der Waals surface area contributed by atoms with Gasteiger partial charge in [-0.2, -0.15) is 0 Å². The number of thiophene rings is 1. The van der Waals surface area contributed by atoms with Gasteiger partial charge >= 0.3 is 0 Å². The third-order valence-corrected chi connectivity index (χ3v) is 4.68. The van der Waals surface area contributed by atoms with Crippen LogP contribution >= 0.6 is 11.3 Å². The SMILES string of the molecule is CCOc1ccc(OCC(=O)N2CCc3sccc3C2)cc1. The smallest absolute Gasteiger partial charge is 0.260 e. The van der Waals surface area contributed by atoms with E-state index in [1.165, 1.54) is 10.4 Å². The molecule has 22 heavy (non-hydrogen) atoms. The minimum absolute atomic E-state index is 0.0331. The van der Waals surface area contributed by atoms with E-state index in [9.17, 15) is 4.79 Å². The first-order chi connectivity index (χ1) is 10.8. The summed E-state index contributed by atoms with van der Waals surface area (Å²) in [6.07, 6.45) is 0.946. The van der Waals surface area contributed by atoms with Crippen molar-refractivity contribution in [3.8, 4) is 11.5 Å². The van der Waals surface area contributed by atoms with Crippen molar-refractivity contribution in [3.05, 3.63) is 46.2 Å². The van der Waals surface area contributed by atoms with Crippen LogP contribution in [0.15, 0.2) is 35.7 Å². The van der Waals surface area contributed by atoms with Crippen molar-refractivity contribution in [1.82, 2.24) is 4.90 Å². The molecule has 0 bridgehead atoms. The molecule has 0 spiro atoms. The highest BCUT2D eigenvalue weighted by atomic mass is 32.1. The quantitative estimate of drug-likeness (QED) is 0.850. The Labute approximate surface area is 134 Å². The van der Waals surface area contributed by atoms with Gasteiger partial charge in [0.25, 0.3) is 5.91 Å². The molecule has 0 fully saturated rings. The van der Waals surface area contributed by atoms with Crippen LogP contribution < -0.4 is 9.47 Å². The maximum atomic E-state index is 12.3. The molecule has 0 aliphatic carbocycles. The number of fused-ring (bicyclic) bond motifs is 1. The summed E-state index contributed by atoms with van der Waals surface area (Å²) in [6, 6.07) is 9.45. The number of hydrogen-bond donors (Lipinski definition) is 0. The molecule has 1 aromatic carbocycles. The summed E-state index contributed by atoms with van der Waals surface area (Å²) in [6.45, 7) is 4.13. The normalized spacial score (nSPS) is 13.6. The number of nitrogens with zero attached hydrogens (tertiary/aromatic N) is 1. The lowest BCUT2D eigenvalue weighted by Crippen LogP contribution is -2.38. The van der Waals surface area contributed by atoms with Crippen LogP contribution in [0.1, 0.15) is 17.4 Å². The zero-order valence-corrected chi connectivity index (χ0v) is 13.4. The summed E-state index contributed by atoms with van der Waals surface area (Å²) in [4.78, 5) is 15.5. The molecule has 0 unspecified atom stereocenters. The van der Waals surface area contributed by atoms with Crippen LogP contribution in [0, 0.1) is 0 Å². The molecule has 2 heterocycles. The Hall–Kier alpha value is -2.01. The van der Waals surface area contributed by atoms with E-state index in [1.54, 1.807) is 11.3 Å². The first-order valence-electron chi connectivity index (χ1n) is 7.45. The number of amides is 1. The lowest BCUT2D eigenvalue weighted by Gasteiger charge is -2.27. The number of ether oxygens (including phenoxy) is 2. The van der Waals surface area contributed by atoms with Crippen molar-refractivity contribution in [2.24, 2.45) is 0 Å². The van der Waals surface area contributed by atoms with Gasteiger partial charge in [0.2, 0.25) is 0 Å². The predicted molar refractivity (Wildman–Crippen MR) is 86.5 cm³/mol. The number of hydrogen-bond acceptors (Lipinski definition) is 4. The Morgan fingerprint density at radius 3 is 2.64 bits per heavy atom. The first-order valence-corrected chi connectivity index (χ1v) is 8.33. The van der Waals surface area contributed by atoms with Crippen molar-refractivity contribution in [1.29, 1.82) is 0 Å². The van der Waals surface area contributed by atoms with Crippen molar-refractivity contribution < 1.29 is 14.3 Å². The van der Waals surface area contributed by atoms with Crippen LogP contribution in [0.5, 0.6) is 11.5 Å². The molecule has 0 saturated heterocycles. The molecule has 0 N–H and O–H groups in total. The van der Waals surface area contributed by atoms with Gasteiger partial charge in [0, 0.05) is 18.0 Å². The minimum Gasteiger partial charge on any atom is -0.494 e. The minimum atomic E-state index is 0.0331. The molecule has 0 atom stereocenters. The molecule has 5 heteroatoms. The van der Waals surface area contributed by atoms with E-state index in [4.69, 9.17) is 9.47 Å². The van der Waals surface area contributed by atoms with Gasteiger partial charge < -0.3 is 14.4 Å². The Bertz CT molecular complexity index is 636.